The number of nitrogens with zero attached hydrogens (tertiary/aromatic N) is 2. The number of hydrogen-bond donors (Lipinski definition) is 0. The summed E-state index contributed by atoms with van der Waals surface area (Å²) in [7, 11) is 0. The van der Waals surface area contributed by atoms with Crippen LogP contribution in [0.15, 0.2) is 78.9 Å². The number of halogens is 1. The van der Waals surface area contributed by atoms with Gasteiger partial charge in [-0.3, -0.25) is 9.69 Å². The van der Waals surface area contributed by atoms with Gasteiger partial charge in [0.05, 0.1) is 0 Å². The van der Waals surface area contributed by atoms with Gasteiger partial charge in [-0.15, -0.1) is 0 Å². The van der Waals surface area contributed by atoms with Gasteiger partial charge >= 0.3 is 0 Å². The molecule has 1 fully saturated rings. The summed E-state index contributed by atoms with van der Waals surface area (Å²) in [5.41, 5.74) is 4.10. The molecule has 0 aliphatic carbocycles. The molecule has 1 heterocycles. The maximum Gasteiger partial charge on any atom is 0.258 e. The monoisotopic (exact) mass is 430 g/mol. The summed E-state index contributed by atoms with van der Waals surface area (Å²) in [5, 5.41) is 0. The van der Waals surface area contributed by atoms with Gasteiger partial charge in [0.1, 0.15) is 5.82 Å². The number of anilines is 1. The molecule has 0 spiro atoms. The molecule has 1 saturated heterocycles. The average Bonchev–Trinajstić information content (AvgIpc) is 2.82. The lowest BCUT2D eigenvalue weighted by Gasteiger charge is -2.38. The van der Waals surface area contributed by atoms with E-state index in [1.807, 2.05) is 35.2 Å². The van der Waals surface area contributed by atoms with E-state index in [9.17, 15) is 9.18 Å². The molecule has 3 aromatic carbocycles. The fourth-order valence-electron chi connectivity index (χ4n) is 4.42. The summed E-state index contributed by atoms with van der Waals surface area (Å²) in [6.07, 6.45) is 1.78. The molecular weight excluding hydrogens is 399 g/mol. The van der Waals surface area contributed by atoms with Crippen LogP contribution >= 0.6 is 0 Å². The topological polar surface area (TPSA) is 23.6 Å². The van der Waals surface area contributed by atoms with Crippen molar-refractivity contribution in [1.29, 1.82) is 0 Å². The smallest absolute Gasteiger partial charge is 0.258 e. The van der Waals surface area contributed by atoms with Gasteiger partial charge in [-0.1, -0.05) is 56.3 Å². The highest BCUT2D eigenvalue weighted by molar-refractivity contribution is 6.06. The van der Waals surface area contributed by atoms with E-state index in [0.29, 0.717) is 11.5 Å². The molecule has 0 atom stereocenters. The molecule has 4 heteroatoms. The molecule has 0 unspecified atom stereocenters. The van der Waals surface area contributed by atoms with Crippen molar-refractivity contribution in [1.82, 2.24) is 4.90 Å². The van der Waals surface area contributed by atoms with Gasteiger partial charge in [0.15, 0.2) is 0 Å². The Morgan fingerprint density at radius 2 is 1.56 bits per heavy atom. The highest BCUT2D eigenvalue weighted by Gasteiger charge is 2.30. The number of carbonyl (C=O) groups excluding carboxylic acids is 1. The zero-order valence-corrected chi connectivity index (χ0v) is 18.9. The lowest BCUT2D eigenvalue weighted by Crippen LogP contribution is -2.47. The van der Waals surface area contributed by atoms with Crippen LogP contribution in [-0.2, 0) is 6.54 Å². The van der Waals surface area contributed by atoms with E-state index < -0.39 is 0 Å². The first-order valence-corrected chi connectivity index (χ1v) is 11.5. The minimum Gasteiger partial charge on any atom is -0.305 e. The standard InChI is InChI=1S/C28H31FN2O/c1-21(2)23-10-8-22(9-11-23)20-30-18-16-27(17-19-30)31(26-14-12-25(29)13-15-26)28(32)24-6-4-3-5-7-24/h3-15,21,27H,16-20H2,1-2H3. The minimum absolute atomic E-state index is 0.0278. The number of rotatable bonds is 6. The lowest BCUT2D eigenvalue weighted by atomic mass is 9.99. The van der Waals surface area contributed by atoms with Crippen LogP contribution in [0.2, 0.25) is 0 Å². The van der Waals surface area contributed by atoms with Crippen LogP contribution in [0.1, 0.15) is 54.1 Å². The first-order valence-electron chi connectivity index (χ1n) is 11.5. The van der Waals surface area contributed by atoms with Crippen molar-refractivity contribution in [3.05, 3.63) is 101 Å². The third kappa shape index (κ3) is 5.25. The maximum absolute atomic E-state index is 13.5. The molecule has 3 nitrogen and oxygen atoms in total. The third-order valence-electron chi connectivity index (χ3n) is 6.32. The molecule has 32 heavy (non-hydrogen) atoms. The quantitative estimate of drug-likeness (QED) is 0.461. The Morgan fingerprint density at radius 3 is 2.16 bits per heavy atom. The Balaban J connectivity index is 1.46. The number of amides is 1. The highest BCUT2D eigenvalue weighted by Crippen LogP contribution is 2.27. The fraction of sp³-hybridized carbons (Fsp3) is 0.321. The van der Waals surface area contributed by atoms with Crippen molar-refractivity contribution in [2.45, 2.75) is 45.2 Å². The summed E-state index contributed by atoms with van der Waals surface area (Å²) < 4.78 is 13.5. The van der Waals surface area contributed by atoms with Crippen molar-refractivity contribution in [3.8, 4) is 0 Å². The molecule has 0 N–H and O–H groups in total. The third-order valence-corrected chi connectivity index (χ3v) is 6.32. The molecule has 1 aliphatic rings. The largest absolute Gasteiger partial charge is 0.305 e. The average molecular weight is 431 g/mol. The van der Waals surface area contributed by atoms with Crippen LogP contribution in [0.5, 0.6) is 0 Å². The Hall–Kier alpha value is -2.98. The first-order chi connectivity index (χ1) is 15.5. The van der Waals surface area contributed by atoms with E-state index in [1.165, 1.54) is 23.3 Å². The molecule has 3 aromatic rings. The minimum atomic E-state index is -0.292. The van der Waals surface area contributed by atoms with Crippen LogP contribution in [0.4, 0.5) is 10.1 Å². The molecular formula is C28H31FN2O. The second-order valence-electron chi connectivity index (χ2n) is 8.92. The fourth-order valence-corrected chi connectivity index (χ4v) is 4.42. The number of hydrogen-bond acceptors (Lipinski definition) is 2. The zero-order chi connectivity index (χ0) is 22.5. The van der Waals surface area contributed by atoms with E-state index in [2.05, 4.69) is 43.0 Å². The van der Waals surface area contributed by atoms with E-state index in [-0.39, 0.29) is 17.8 Å². The van der Waals surface area contributed by atoms with Crippen molar-refractivity contribution in [2.24, 2.45) is 0 Å². The molecule has 0 bridgehead atoms. The van der Waals surface area contributed by atoms with E-state index in [4.69, 9.17) is 0 Å². The van der Waals surface area contributed by atoms with Crippen molar-refractivity contribution >= 4 is 11.6 Å². The molecule has 0 saturated carbocycles. The van der Waals surface area contributed by atoms with Gasteiger partial charge in [-0.2, -0.15) is 0 Å². The second-order valence-corrected chi connectivity index (χ2v) is 8.92. The van der Waals surface area contributed by atoms with Crippen molar-refractivity contribution in [2.75, 3.05) is 18.0 Å². The van der Waals surface area contributed by atoms with E-state index in [1.54, 1.807) is 12.1 Å². The Labute approximate surface area is 190 Å². The second kappa shape index (κ2) is 10.1. The normalized spacial score (nSPS) is 15.1. The maximum atomic E-state index is 13.5. The number of likely N-dealkylation sites (tertiary alicyclic amines) is 1. The summed E-state index contributed by atoms with van der Waals surface area (Å²) in [5.74, 6) is 0.221. The highest BCUT2D eigenvalue weighted by atomic mass is 19.1. The Kier molecular flexibility index (Phi) is 7.01. The van der Waals surface area contributed by atoms with Crippen LogP contribution in [0.25, 0.3) is 0 Å². The summed E-state index contributed by atoms with van der Waals surface area (Å²) in [6.45, 7) is 7.20. The zero-order valence-electron chi connectivity index (χ0n) is 18.9. The summed E-state index contributed by atoms with van der Waals surface area (Å²) in [4.78, 5) is 17.7. The predicted octanol–water partition coefficient (Wildman–Crippen LogP) is 6.26. The van der Waals surface area contributed by atoms with Crippen LogP contribution in [-0.4, -0.2) is 29.9 Å². The SMILES string of the molecule is CC(C)c1ccc(CN2CCC(N(C(=O)c3ccccc3)c3ccc(F)cc3)CC2)cc1. The summed E-state index contributed by atoms with van der Waals surface area (Å²) >= 11 is 0. The van der Waals surface area contributed by atoms with Gasteiger partial charge in [-0.25, -0.2) is 4.39 Å². The van der Waals surface area contributed by atoms with Gasteiger partial charge in [0.2, 0.25) is 0 Å². The van der Waals surface area contributed by atoms with Crippen LogP contribution in [0, 0.1) is 5.82 Å². The Bertz CT molecular complexity index is 1010. The van der Waals surface area contributed by atoms with Gasteiger partial charge in [0, 0.05) is 36.9 Å². The molecule has 166 valence electrons. The van der Waals surface area contributed by atoms with Gasteiger partial charge < -0.3 is 4.90 Å². The molecule has 1 amide bonds. The van der Waals surface area contributed by atoms with Crippen molar-refractivity contribution < 1.29 is 9.18 Å². The lowest BCUT2D eigenvalue weighted by molar-refractivity contribution is 0.0958. The van der Waals surface area contributed by atoms with Gasteiger partial charge in [0.25, 0.3) is 5.91 Å². The number of piperidine rings is 1. The van der Waals surface area contributed by atoms with E-state index >= 15 is 0 Å². The molecule has 0 aromatic heterocycles. The van der Waals surface area contributed by atoms with Crippen molar-refractivity contribution in [3.63, 3.8) is 0 Å². The summed E-state index contributed by atoms with van der Waals surface area (Å²) in [6, 6.07) is 24.6. The van der Waals surface area contributed by atoms with Crippen LogP contribution in [0.3, 0.4) is 0 Å². The number of carbonyl (C=O) groups is 1. The molecule has 4 rings (SSSR count). The van der Waals surface area contributed by atoms with Crippen LogP contribution < -0.4 is 4.90 Å². The van der Waals surface area contributed by atoms with Gasteiger partial charge in [-0.05, 0) is 66.3 Å². The molecule has 1 aliphatic heterocycles. The first kappa shape index (κ1) is 22.2. The number of benzene rings is 3. The molecule has 0 radical (unpaired) electrons. The van der Waals surface area contributed by atoms with E-state index in [0.717, 1.165) is 38.2 Å². The predicted molar refractivity (Wildman–Crippen MR) is 128 cm³/mol. The Morgan fingerprint density at radius 1 is 0.938 bits per heavy atom.